The van der Waals surface area contributed by atoms with Crippen molar-refractivity contribution < 1.29 is 9.32 Å². The predicted molar refractivity (Wildman–Crippen MR) is 92.2 cm³/mol. The summed E-state index contributed by atoms with van der Waals surface area (Å²) in [6.07, 6.45) is 0.629. The summed E-state index contributed by atoms with van der Waals surface area (Å²) in [5.74, 6) is 1.09. The first-order chi connectivity index (χ1) is 11.5. The number of carbonyl (C=O) groups excluding carboxylic acids is 1. The molecule has 2 N–H and O–H groups in total. The Labute approximate surface area is 140 Å². The van der Waals surface area contributed by atoms with Crippen LogP contribution in [0.15, 0.2) is 22.7 Å². The first-order valence-corrected chi connectivity index (χ1v) is 8.15. The first kappa shape index (κ1) is 16.2. The third kappa shape index (κ3) is 3.18. The zero-order valence-electron chi connectivity index (χ0n) is 14.4. The lowest BCUT2D eigenvalue weighted by Crippen LogP contribution is -2.25. The summed E-state index contributed by atoms with van der Waals surface area (Å²) in [6.45, 7) is 8.64. The summed E-state index contributed by atoms with van der Waals surface area (Å²) < 4.78 is 5.08. The van der Waals surface area contributed by atoms with E-state index in [1.54, 1.807) is 6.07 Å². The molecule has 2 heterocycles. The molecule has 1 aromatic carbocycles. The fourth-order valence-corrected chi connectivity index (χ4v) is 2.53. The number of fused-ring (bicyclic) bond motifs is 1. The summed E-state index contributed by atoms with van der Waals surface area (Å²) in [6, 6.07) is 5.81. The van der Waals surface area contributed by atoms with Crippen LogP contribution < -0.4 is 5.32 Å². The number of nitrogens with one attached hydrogen (secondary N) is 2. The van der Waals surface area contributed by atoms with E-state index >= 15 is 0 Å². The van der Waals surface area contributed by atoms with Gasteiger partial charge >= 0.3 is 0 Å². The van der Waals surface area contributed by atoms with Gasteiger partial charge in [0.15, 0.2) is 0 Å². The summed E-state index contributed by atoms with van der Waals surface area (Å²) in [4.78, 5) is 20.0. The number of aromatic nitrogens is 3. The SMILES string of the molecule is Cc1ccc2[nH]c(CCNC(=O)c3cc(C(C)C)no3)nc2c1C. The van der Waals surface area contributed by atoms with Crippen molar-refractivity contribution in [1.29, 1.82) is 0 Å². The molecule has 2 aromatic heterocycles. The highest BCUT2D eigenvalue weighted by Crippen LogP contribution is 2.19. The summed E-state index contributed by atoms with van der Waals surface area (Å²) in [5.41, 5.74) is 5.20. The van der Waals surface area contributed by atoms with Gasteiger partial charge in [-0.25, -0.2) is 4.98 Å². The molecule has 0 aliphatic heterocycles. The summed E-state index contributed by atoms with van der Waals surface area (Å²) in [7, 11) is 0. The molecule has 0 aliphatic rings. The second-order valence-electron chi connectivity index (χ2n) is 6.36. The Hall–Kier alpha value is -2.63. The van der Waals surface area contributed by atoms with E-state index in [1.807, 2.05) is 19.9 Å². The molecule has 1 amide bonds. The normalized spacial score (nSPS) is 11.4. The van der Waals surface area contributed by atoms with Gasteiger partial charge in [-0.1, -0.05) is 25.1 Å². The lowest BCUT2D eigenvalue weighted by atomic mass is 10.1. The molecule has 6 heteroatoms. The van der Waals surface area contributed by atoms with Crippen molar-refractivity contribution in [3.05, 3.63) is 46.6 Å². The molecule has 0 spiro atoms. The standard InChI is InChI=1S/C18H22N4O2/c1-10(2)14-9-15(24-22-14)18(23)19-8-7-16-20-13-6-5-11(3)12(4)17(13)21-16/h5-6,9-10H,7-8H2,1-4H3,(H,19,23)(H,20,21). The number of amides is 1. The molecule has 24 heavy (non-hydrogen) atoms. The van der Waals surface area contributed by atoms with Gasteiger partial charge in [-0.15, -0.1) is 0 Å². The van der Waals surface area contributed by atoms with Crippen molar-refractivity contribution in [3.63, 3.8) is 0 Å². The van der Waals surface area contributed by atoms with Gasteiger partial charge in [-0.05, 0) is 37.0 Å². The minimum Gasteiger partial charge on any atom is -0.351 e. The van der Waals surface area contributed by atoms with Crippen molar-refractivity contribution in [3.8, 4) is 0 Å². The summed E-state index contributed by atoms with van der Waals surface area (Å²) in [5, 5.41) is 6.73. The number of aryl methyl sites for hydroxylation is 2. The third-order valence-electron chi connectivity index (χ3n) is 4.22. The molecule has 0 saturated heterocycles. The highest BCUT2D eigenvalue weighted by molar-refractivity contribution is 5.91. The van der Waals surface area contributed by atoms with E-state index in [0.29, 0.717) is 13.0 Å². The Balaban J connectivity index is 1.61. The number of carbonyl (C=O) groups is 1. The average molecular weight is 326 g/mol. The Kier molecular flexibility index (Phi) is 4.38. The molecule has 0 saturated carbocycles. The van der Waals surface area contributed by atoms with Gasteiger partial charge in [0.05, 0.1) is 16.7 Å². The van der Waals surface area contributed by atoms with Crippen molar-refractivity contribution >= 4 is 16.9 Å². The van der Waals surface area contributed by atoms with Crippen LogP contribution >= 0.6 is 0 Å². The van der Waals surface area contributed by atoms with Crippen LogP contribution in [0.1, 0.15) is 53.0 Å². The second-order valence-corrected chi connectivity index (χ2v) is 6.36. The number of H-pyrrole nitrogens is 1. The van der Waals surface area contributed by atoms with E-state index in [1.165, 1.54) is 11.1 Å². The van der Waals surface area contributed by atoms with Gasteiger partial charge in [0.25, 0.3) is 5.91 Å². The zero-order valence-corrected chi connectivity index (χ0v) is 14.4. The number of nitrogens with zero attached hydrogens (tertiary/aromatic N) is 2. The molecule has 6 nitrogen and oxygen atoms in total. The maximum absolute atomic E-state index is 12.1. The molecule has 126 valence electrons. The topological polar surface area (TPSA) is 83.8 Å². The summed E-state index contributed by atoms with van der Waals surface area (Å²) >= 11 is 0. The van der Waals surface area contributed by atoms with Crippen molar-refractivity contribution in [2.24, 2.45) is 0 Å². The maximum Gasteiger partial charge on any atom is 0.289 e. The second kappa shape index (κ2) is 6.47. The van der Waals surface area contributed by atoms with Gasteiger partial charge in [0, 0.05) is 19.0 Å². The van der Waals surface area contributed by atoms with E-state index in [9.17, 15) is 4.79 Å². The smallest absolute Gasteiger partial charge is 0.289 e. The van der Waals surface area contributed by atoms with Crippen LogP contribution in [0.5, 0.6) is 0 Å². The van der Waals surface area contributed by atoms with E-state index < -0.39 is 0 Å². The molecule has 3 rings (SSSR count). The highest BCUT2D eigenvalue weighted by Gasteiger charge is 2.14. The van der Waals surface area contributed by atoms with E-state index in [0.717, 1.165) is 22.6 Å². The van der Waals surface area contributed by atoms with E-state index in [4.69, 9.17) is 4.52 Å². The number of benzene rings is 1. The van der Waals surface area contributed by atoms with E-state index in [2.05, 4.69) is 40.4 Å². The van der Waals surface area contributed by atoms with Crippen molar-refractivity contribution in [2.75, 3.05) is 6.54 Å². The zero-order chi connectivity index (χ0) is 17.3. The fourth-order valence-electron chi connectivity index (χ4n) is 2.53. The molecule has 3 aromatic rings. The molecule has 0 atom stereocenters. The molecule has 0 radical (unpaired) electrons. The lowest BCUT2D eigenvalue weighted by molar-refractivity contribution is 0.0917. The average Bonchev–Trinajstić information content (AvgIpc) is 3.18. The van der Waals surface area contributed by atoms with Gasteiger partial charge in [-0.3, -0.25) is 4.79 Å². The molecule has 0 bridgehead atoms. The van der Waals surface area contributed by atoms with Gasteiger partial charge in [-0.2, -0.15) is 0 Å². The molecular weight excluding hydrogens is 304 g/mol. The Bertz CT molecular complexity index is 876. The van der Waals surface area contributed by atoms with Crippen molar-refractivity contribution in [1.82, 2.24) is 20.4 Å². The molecule has 0 unspecified atom stereocenters. The number of hydrogen-bond donors (Lipinski definition) is 2. The molecule has 0 fully saturated rings. The number of imidazole rings is 1. The highest BCUT2D eigenvalue weighted by atomic mass is 16.5. The van der Waals surface area contributed by atoms with Crippen LogP contribution in [-0.2, 0) is 6.42 Å². The lowest BCUT2D eigenvalue weighted by Gasteiger charge is -2.00. The maximum atomic E-state index is 12.1. The van der Waals surface area contributed by atoms with Gasteiger partial charge in [0.1, 0.15) is 5.82 Å². The quantitative estimate of drug-likeness (QED) is 0.754. The number of rotatable bonds is 5. The minimum absolute atomic E-state index is 0.234. The molecule has 0 aliphatic carbocycles. The largest absolute Gasteiger partial charge is 0.351 e. The molecular formula is C18H22N4O2. The Morgan fingerprint density at radius 3 is 2.83 bits per heavy atom. The van der Waals surface area contributed by atoms with Gasteiger partial charge in [0.2, 0.25) is 5.76 Å². The fraction of sp³-hybridized carbons (Fsp3) is 0.389. The Morgan fingerprint density at radius 2 is 2.12 bits per heavy atom. The number of hydrogen-bond acceptors (Lipinski definition) is 4. The Morgan fingerprint density at radius 1 is 1.33 bits per heavy atom. The number of aromatic amines is 1. The van der Waals surface area contributed by atoms with Crippen LogP contribution in [0, 0.1) is 13.8 Å². The third-order valence-corrected chi connectivity index (χ3v) is 4.22. The van der Waals surface area contributed by atoms with Crippen LogP contribution in [0.4, 0.5) is 0 Å². The van der Waals surface area contributed by atoms with Crippen LogP contribution in [-0.4, -0.2) is 27.6 Å². The minimum atomic E-state index is -0.252. The predicted octanol–water partition coefficient (Wildman–Crippen LogP) is 3.26. The van der Waals surface area contributed by atoms with Crippen molar-refractivity contribution in [2.45, 2.75) is 40.0 Å². The van der Waals surface area contributed by atoms with Gasteiger partial charge < -0.3 is 14.8 Å². The van der Waals surface area contributed by atoms with E-state index in [-0.39, 0.29) is 17.6 Å². The monoisotopic (exact) mass is 326 g/mol. The van der Waals surface area contributed by atoms with Crippen LogP contribution in [0.25, 0.3) is 11.0 Å². The first-order valence-electron chi connectivity index (χ1n) is 8.15. The van der Waals surface area contributed by atoms with Crippen LogP contribution in [0.3, 0.4) is 0 Å². The van der Waals surface area contributed by atoms with Crippen LogP contribution in [0.2, 0.25) is 0 Å².